The van der Waals surface area contributed by atoms with Crippen molar-refractivity contribution < 1.29 is 31.1 Å². The van der Waals surface area contributed by atoms with E-state index in [0.717, 1.165) is 0 Å². The molecule has 0 saturated carbocycles. The van der Waals surface area contributed by atoms with Crippen molar-refractivity contribution in [1.29, 1.82) is 0 Å². The first-order chi connectivity index (χ1) is 13.8. The van der Waals surface area contributed by atoms with Crippen molar-refractivity contribution in [2.24, 2.45) is 12.0 Å². The number of nitrogens with zero attached hydrogens (tertiary/aromatic N) is 4. The summed E-state index contributed by atoms with van der Waals surface area (Å²) in [6, 6.07) is -0.172. The highest BCUT2D eigenvalue weighted by Gasteiger charge is 2.37. The molecule has 1 N–H and O–H groups in total. The molecule has 1 heterocycles. The minimum absolute atomic E-state index is 0.0420. The van der Waals surface area contributed by atoms with Gasteiger partial charge in [0.05, 0.1) is 22.9 Å². The Kier molecular flexibility index (Phi) is 6.68. The Morgan fingerprint density at radius 3 is 2.13 bits per heavy atom. The van der Waals surface area contributed by atoms with Gasteiger partial charge in [0.2, 0.25) is 0 Å². The summed E-state index contributed by atoms with van der Waals surface area (Å²) in [6.45, 7) is 3.06. The number of nitrogens with one attached hydrogen (secondary N) is 1. The van der Waals surface area contributed by atoms with Gasteiger partial charge in [0.1, 0.15) is 6.33 Å². The molecule has 0 aliphatic carbocycles. The van der Waals surface area contributed by atoms with E-state index in [0.29, 0.717) is 12.1 Å². The van der Waals surface area contributed by atoms with Crippen molar-refractivity contribution in [3.63, 3.8) is 0 Å². The van der Waals surface area contributed by atoms with Crippen LogP contribution in [0.1, 0.15) is 41.2 Å². The Hall–Kier alpha value is -3.18. The molecule has 6 nitrogen and oxygen atoms in total. The number of amides is 1. The predicted octanol–water partition coefficient (Wildman–Crippen LogP) is 4.10. The zero-order chi connectivity index (χ0) is 22.7. The highest BCUT2D eigenvalue weighted by Crippen LogP contribution is 2.36. The Labute approximate surface area is 167 Å². The fraction of sp³-hybridized carbons (Fsp3) is 0.333. The standard InChI is InChI=1S/C18H17F6N5O/c1-4-25-14(8-15-26-9-29(3)28-15)10(2)27-16(30)11-5-12(17(19,20)21)7-13(6-11)18(22,23)24/h4-10H,1-3H3,(H,27,30)/b14-8+,25-4?. The van der Waals surface area contributed by atoms with E-state index in [9.17, 15) is 31.1 Å². The number of alkyl halides is 6. The number of rotatable bonds is 5. The molecular formula is C18H17F6N5O. The molecule has 0 aliphatic rings. The Bertz CT molecular complexity index is 942. The summed E-state index contributed by atoms with van der Waals surface area (Å²) in [5.41, 5.74) is -3.68. The SMILES string of the molecule is CC=N/C(=C/c1ncn(C)n1)C(C)NC(=O)c1cc(C(F)(F)F)cc(C(F)(F)F)c1. The van der Waals surface area contributed by atoms with Gasteiger partial charge in [-0.3, -0.25) is 14.5 Å². The van der Waals surface area contributed by atoms with E-state index in [1.54, 1.807) is 14.0 Å². The fourth-order valence-corrected chi connectivity index (χ4v) is 2.42. The van der Waals surface area contributed by atoms with Gasteiger partial charge >= 0.3 is 12.4 Å². The van der Waals surface area contributed by atoms with Crippen molar-refractivity contribution in [1.82, 2.24) is 20.1 Å². The van der Waals surface area contributed by atoms with Gasteiger partial charge in [0.25, 0.3) is 5.91 Å². The Morgan fingerprint density at radius 2 is 1.70 bits per heavy atom. The number of aryl methyl sites for hydroxylation is 1. The van der Waals surface area contributed by atoms with Gasteiger partial charge in [-0.25, -0.2) is 4.98 Å². The molecule has 1 aromatic heterocycles. The highest BCUT2D eigenvalue weighted by atomic mass is 19.4. The number of carbonyl (C=O) groups is 1. The average molecular weight is 433 g/mol. The molecule has 0 fully saturated rings. The van der Waals surface area contributed by atoms with E-state index in [1.807, 2.05) is 0 Å². The Balaban J connectivity index is 2.36. The van der Waals surface area contributed by atoms with Gasteiger partial charge in [0.15, 0.2) is 5.82 Å². The van der Waals surface area contributed by atoms with Crippen LogP contribution in [-0.2, 0) is 19.4 Å². The largest absolute Gasteiger partial charge is 0.416 e. The van der Waals surface area contributed by atoms with Gasteiger partial charge in [-0.05, 0) is 32.0 Å². The summed E-state index contributed by atoms with van der Waals surface area (Å²) < 4.78 is 79.4. The summed E-state index contributed by atoms with van der Waals surface area (Å²) in [4.78, 5) is 20.5. The summed E-state index contributed by atoms with van der Waals surface area (Å²) in [5, 5.41) is 6.37. The molecule has 0 bridgehead atoms. The van der Waals surface area contributed by atoms with Crippen molar-refractivity contribution >= 4 is 18.2 Å². The number of benzene rings is 1. The molecule has 2 rings (SSSR count). The van der Waals surface area contributed by atoms with Crippen molar-refractivity contribution in [3.05, 3.63) is 52.7 Å². The highest BCUT2D eigenvalue weighted by molar-refractivity contribution is 5.95. The first-order valence-corrected chi connectivity index (χ1v) is 8.47. The molecule has 1 unspecified atom stereocenters. The number of hydrogen-bond acceptors (Lipinski definition) is 4. The maximum Gasteiger partial charge on any atom is 0.416 e. The van der Waals surface area contributed by atoms with Gasteiger partial charge in [-0.1, -0.05) is 0 Å². The Morgan fingerprint density at radius 1 is 1.13 bits per heavy atom. The number of aliphatic imine (C=N–C) groups is 1. The minimum atomic E-state index is -5.05. The molecule has 1 amide bonds. The molecule has 2 aromatic rings. The van der Waals surface area contributed by atoms with E-state index < -0.39 is 41.0 Å². The van der Waals surface area contributed by atoms with Crippen LogP contribution in [0.3, 0.4) is 0 Å². The quantitative estimate of drug-likeness (QED) is 0.570. The molecule has 1 atom stereocenters. The average Bonchev–Trinajstić information content (AvgIpc) is 3.04. The molecule has 162 valence electrons. The third kappa shape index (κ3) is 5.91. The van der Waals surface area contributed by atoms with Gasteiger partial charge in [-0.15, -0.1) is 0 Å². The first kappa shape index (κ1) is 23.1. The van der Waals surface area contributed by atoms with E-state index in [1.165, 1.54) is 30.2 Å². The van der Waals surface area contributed by atoms with Gasteiger partial charge < -0.3 is 5.32 Å². The van der Waals surface area contributed by atoms with Crippen molar-refractivity contribution in [2.45, 2.75) is 32.2 Å². The maximum atomic E-state index is 13.0. The van der Waals surface area contributed by atoms with Crippen LogP contribution in [0, 0.1) is 0 Å². The second-order valence-electron chi connectivity index (χ2n) is 6.22. The van der Waals surface area contributed by atoms with Crippen LogP contribution in [0.2, 0.25) is 0 Å². The van der Waals surface area contributed by atoms with E-state index in [4.69, 9.17) is 0 Å². The molecule has 0 spiro atoms. The van der Waals surface area contributed by atoms with Crippen molar-refractivity contribution in [2.75, 3.05) is 0 Å². The second kappa shape index (κ2) is 8.67. The number of carbonyl (C=O) groups excluding carboxylic acids is 1. The summed E-state index contributed by atoms with van der Waals surface area (Å²) in [7, 11) is 1.63. The zero-order valence-electron chi connectivity index (χ0n) is 16.0. The van der Waals surface area contributed by atoms with Crippen molar-refractivity contribution in [3.8, 4) is 0 Å². The smallest absolute Gasteiger partial charge is 0.344 e. The minimum Gasteiger partial charge on any atom is -0.344 e. The first-order valence-electron chi connectivity index (χ1n) is 8.47. The molecule has 1 aromatic carbocycles. The number of hydrogen-bond donors (Lipinski definition) is 1. The molecule has 12 heteroatoms. The van der Waals surface area contributed by atoms with E-state index in [-0.39, 0.29) is 17.6 Å². The zero-order valence-corrected chi connectivity index (χ0v) is 16.0. The lowest BCUT2D eigenvalue weighted by atomic mass is 10.0. The summed E-state index contributed by atoms with van der Waals surface area (Å²) in [6.07, 6.45) is -5.85. The predicted molar refractivity (Wildman–Crippen MR) is 96.5 cm³/mol. The number of aromatic nitrogens is 3. The maximum absolute atomic E-state index is 13.0. The lowest BCUT2D eigenvalue weighted by molar-refractivity contribution is -0.143. The van der Waals surface area contributed by atoms with Gasteiger partial charge in [0, 0.05) is 24.9 Å². The fourth-order valence-electron chi connectivity index (χ4n) is 2.42. The molecule has 30 heavy (non-hydrogen) atoms. The third-order valence-electron chi connectivity index (χ3n) is 3.81. The molecular weight excluding hydrogens is 416 g/mol. The van der Waals surface area contributed by atoms with Crippen LogP contribution >= 0.6 is 0 Å². The molecule has 0 aliphatic heterocycles. The van der Waals surface area contributed by atoms with E-state index >= 15 is 0 Å². The lowest BCUT2D eigenvalue weighted by Crippen LogP contribution is -2.34. The number of halogens is 6. The topological polar surface area (TPSA) is 72.2 Å². The third-order valence-corrected chi connectivity index (χ3v) is 3.81. The molecule has 0 radical (unpaired) electrons. The summed E-state index contributed by atoms with van der Waals surface area (Å²) >= 11 is 0. The summed E-state index contributed by atoms with van der Waals surface area (Å²) in [5.74, 6) is -0.858. The van der Waals surface area contributed by atoms with Crippen LogP contribution in [0.25, 0.3) is 6.08 Å². The van der Waals surface area contributed by atoms with Crippen LogP contribution in [0.5, 0.6) is 0 Å². The second-order valence-corrected chi connectivity index (χ2v) is 6.22. The normalized spacial score (nSPS) is 14.2. The lowest BCUT2D eigenvalue weighted by Gasteiger charge is -2.17. The monoisotopic (exact) mass is 433 g/mol. The van der Waals surface area contributed by atoms with Gasteiger partial charge in [-0.2, -0.15) is 31.4 Å². The van der Waals surface area contributed by atoms with E-state index in [2.05, 4.69) is 20.4 Å². The van der Waals surface area contributed by atoms with Crippen LogP contribution < -0.4 is 5.32 Å². The van der Waals surface area contributed by atoms with Crippen LogP contribution in [0.15, 0.2) is 35.2 Å². The van der Waals surface area contributed by atoms with Crippen LogP contribution in [0.4, 0.5) is 26.3 Å². The van der Waals surface area contributed by atoms with Crippen LogP contribution in [-0.4, -0.2) is 32.9 Å². The molecule has 0 saturated heterocycles.